The molecule has 1 aromatic carbocycles. The number of aromatic nitrogens is 1. The maximum Gasteiger partial charge on any atom is 0.335 e. The van der Waals surface area contributed by atoms with Crippen LogP contribution in [0.2, 0.25) is 0 Å². The average Bonchev–Trinajstić information content (AvgIpc) is 2.52. The monoisotopic (exact) mass is 313 g/mol. The summed E-state index contributed by atoms with van der Waals surface area (Å²) in [5.74, 6) is -1.81. The van der Waals surface area contributed by atoms with Gasteiger partial charge in [0.1, 0.15) is 5.75 Å². The van der Waals surface area contributed by atoms with Crippen molar-refractivity contribution in [3.05, 3.63) is 69.1 Å². The Labute approximate surface area is 131 Å². The summed E-state index contributed by atoms with van der Waals surface area (Å²) >= 11 is 0. The number of aromatic hydroxyl groups is 1. The van der Waals surface area contributed by atoms with Crippen molar-refractivity contribution in [1.82, 2.24) is 4.57 Å². The fraction of sp³-hybridized carbons (Fsp3) is 0.118. The van der Waals surface area contributed by atoms with Crippen molar-refractivity contribution >= 4 is 17.8 Å². The zero-order valence-corrected chi connectivity index (χ0v) is 12.6. The molecule has 0 atom stereocenters. The van der Waals surface area contributed by atoms with E-state index in [0.717, 1.165) is 6.08 Å². The molecule has 1 heterocycles. The van der Waals surface area contributed by atoms with Crippen molar-refractivity contribution in [3.8, 4) is 5.75 Å². The van der Waals surface area contributed by atoms with E-state index in [0.29, 0.717) is 5.69 Å². The van der Waals surface area contributed by atoms with E-state index >= 15 is 0 Å². The highest BCUT2D eigenvalue weighted by Crippen LogP contribution is 2.16. The fourth-order valence-corrected chi connectivity index (χ4v) is 2.04. The minimum Gasteiger partial charge on any atom is -0.507 e. The summed E-state index contributed by atoms with van der Waals surface area (Å²) < 4.78 is 1.36. The molecule has 2 aromatic rings. The van der Waals surface area contributed by atoms with Gasteiger partial charge in [-0.1, -0.05) is 12.1 Å². The molecule has 6 heteroatoms. The molecule has 0 radical (unpaired) electrons. The third-order valence-electron chi connectivity index (χ3n) is 3.48. The van der Waals surface area contributed by atoms with Gasteiger partial charge in [-0.3, -0.25) is 9.59 Å². The third kappa shape index (κ3) is 3.37. The summed E-state index contributed by atoms with van der Waals surface area (Å²) in [5, 5.41) is 18.8. The minimum atomic E-state index is -1.13. The number of carbonyl (C=O) groups is 2. The van der Waals surface area contributed by atoms with Gasteiger partial charge in [0.15, 0.2) is 5.78 Å². The van der Waals surface area contributed by atoms with Crippen LogP contribution in [0.1, 0.15) is 32.0 Å². The van der Waals surface area contributed by atoms with Gasteiger partial charge in [0.25, 0.3) is 5.56 Å². The van der Waals surface area contributed by atoms with E-state index in [-0.39, 0.29) is 22.4 Å². The topological polar surface area (TPSA) is 96.6 Å². The molecule has 2 rings (SSSR count). The van der Waals surface area contributed by atoms with Crippen LogP contribution in [0.25, 0.3) is 6.08 Å². The molecule has 0 spiro atoms. The number of pyridine rings is 1. The van der Waals surface area contributed by atoms with Crippen molar-refractivity contribution in [2.45, 2.75) is 6.92 Å². The molecule has 6 nitrogen and oxygen atoms in total. The number of benzene rings is 1. The van der Waals surface area contributed by atoms with Gasteiger partial charge < -0.3 is 14.8 Å². The molecule has 0 bridgehead atoms. The second-order valence-electron chi connectivity index (χ2n) is 5.03. The first kappa shape index (κ1) is 16.2. The summed E-state index contributed by atoms with van der Waals surface area (Å²) in [6.07, 6.45) is 2.36. The number of nitrogens with zero attached hydrogens (tertiary/aromatic N) is 1. The van der Waals surface area contributed by atoms with Crippen LogP contribution in [0.15, 0.2) is 41.2 Å². The SMILES string of the molecule is Cc1cc(O)c(/C=C/C(=O)c2cccc(C(=O)O)c2)c(=O)n1C. The standard InChI is InChI=1S/C17H15NO5/c1-10-8-15(20)13(16(21)18(10)2)6-7-14(19)11-4-3-5-12(9-11)17(22)23/h3-9,20H,1-2H3,(H,22,23)/b7-6+. The summed E-state index contributed by atoms with van der Waals surface area (Å²) in [6, 6.07) is 7.00. The average molecular weight is 313 g/mol. The smallest absolute Gasteiger partial charge is 0.335 e. The number of hydrogen-bond acceptors (Lipinski definition) is 4. The summed E-state index contributed by atoms with van der Waals surface area (Å²) in [5.41, 5.74) is 0.347. The number of hydrogen-bond donors (Lipinski definition) is 2. The summed E-state index contributed by atoms with van der Waals surface area (Å²) in [6.45, 7) is 1.68. The number of rotatable bonds is 4. The second kappa shape index (κ2) is 6.31. The van der Waals surface area contributed by atoms with Gasteiger partial charge in [0.05, 0.1) is 11.1 Å². The first-order chi connectivity index (χ1) is 10.8. The quantitative estimate of drug-likeness (QED) is 0.664. The van der Waals surface area contributed by atoms with E-state index in [4.69, 9.17) is 5.11 Å². The largest absolute Gasteiger partial charge is 0.507 e. The van der Waals surface area contributed by atoms with E-state index in [1.807, 2.05) is 0 Å². The van der Waals surface area contributed by atoms with Crippen LogP contribution in [0, 0.1) is 6.92 Å². The maximum atomic E-state index is 12.1. The van der Waals surface area contributed by atoms with Gasteiger partial charge in [-0.15, -0.1) is 0 Å². The van der Waals surface area contributed by atoms with Gasteiger partial charge in [0, 0.05) is 18.3 Å². The Morgan fingerprint density at radius 3 is 2.48 bits per heavy atom. The number of aromatic carboxylic acids is 1. The number of allylic oxidation sites excluding steroid dienone is 1. The highest BCUT2D eigenvalue weighted by atomic mass is 16.4. The van der Waals surface area contributed by atoms with Crippen LogP contribution < -0.4 is 5.56 Å². The highest BCUT2D eigenvalue weighted by molar-refractivity contribution is 6.08. The van der Waals surface area contributed by atoms with Crippen LogP contribution in [-0.2, 0) is 7.05 Å². The van der Waals surface area contributed by atoms with E-state index in [9.17, 15) is 19.5 Å². The number of carboxylic acids is 1. The zero-order chi connectivity index (χ0) is 17.1. The van der Waals surface area contributed by atoms with Crippen molar-refractivity contribution in [2.24, 2.45) is 7.05 Å². The normalized spacial score (nSPS) is 10.9. The Hall–Kier alpha value is -3.15. The lowest BCUT2D eigenvalue weighted by Crippen LogP contribution is -2.21. The zero-order valence-electron chi connectivity index (χ0n) is 12.6. The second-order valence-corrected chi connectivity index (χ2v) is 5.03. The molecule has 0 fully saturated rings. The van der Waals surface area contributed by atoms with Crippen LogP contribution in [0.3, 0.4) is 0 Å². The Morgan fingerprint density at radius 2 is 1.83 bits per heavy atom. The van der Waals surface area contributed by atoms with Crippen molar-refractivity contribution < 1.29 is 19.8 Å². The molecule has 2 N–H and O–H groups in total. The molecular formula is C17H15NO5. The predicted molar refractivity (Wildman–Crippen MR) is 84.9 cm³/mol. The number of aryl methyl sites for hydroxylation is 1. The lowest BCUT2D eigenvalue weighted by atomic mass is 10.1. The molecule has 23 heavy (non-hydrogen) atoms. The van der Waals surface area contributed by atoms with E-state index in [2.05, 4.69) is 0 Å². The van der Waals surface area contributed by atoms with Gasteiger partial charge in [-0.25, -0.2) is 4.79 Å². The number of ketones is 1. The Balaban J connectivity index is 2.36. The first-order valence-electron chi connectivity index (χ1n) is 6.76. The third-order valence-corrected chi connectivity index (χ3v) is 3.48. The number of carbonyl (C=O) groups excluding carboxylic acids is 1. The van der Waals surface area contributed by atoms with Crippen molar-refractivity contribution in [2.75, 3.05) is 0 Å². The first-order valence-corrected chi connectivity index (χ1v) is 6.76. The molecule has 0 aliphatic heterocycles. The van der Waals surface area contributed by atoms with E-state index in [1.54, 1.807) is 14.0 Å². The van der Waals surface area contributed by atoms with Gasteiger partial charge in [0.2, 0.25) is 0 Å². The van der Waals surface area contributed by atoms with Crippen LogP contribution >= 0.6 is 0 Å². The van der Waals surface area contributed by atoms with Crippen LogP contribution in [0.4, 0.5) is 0 Å². The molecule has 0 aliphatic carbocycles. The lowest BCUT2D eigenvalue weighted by Gasteiger charge is -2.06. The molecule has 0 saturated carbocycles. The van der Waals surface area contributed by atoms with Gasteiger partial charge in [-0.2, -0.15) is 0 Å². The Morgan fingerprint density at radius 1 is 1.17 bits per heavy atom. The maximum absolute atomic E-state index is 12.1. The molecule has 0 unspecified atom stereocenters. The molecular weight excluding hydrogens is 298 g/mol. The summed E-state index contributed by atoms with van der Waals surface area (Å²) in [7, 11) is 1.56. The molecule has 118 valence electrons. The Kier molecular flexibility index (Phi) is 4.45. The predicted octanol–water partition coefficient (Wildman–Crippen LogP) is 1.99. The highest BCUT2D eigenvalue weighted by Gasteiger charge is 2.10. The van der Waals surface area contributed by atoms with Crippen molar-refractivity contribution in [1.29, 1.82) is 0 Å². The molecule has 0 aliphatic rings. The van der Waals surface area contributed by atoms with Crippen molar-refractivity contribution in [3.63, 3.8) is 0 Å². The van der Waals surface area contributed by atoms with Crippen LogP contribution in [0.5, 0.6) is 5.75 Å². The summed E-state index contributed by atoms with van der Waals surface area (Å²) in [4.78, 5) is 35.1. The van der Waals surface area contributed by atoms with E-state index in [1.165, 1.54) is 41.0 Å². The van der Waals surface area contributed by atoms with E-state index < -0.39 is 17.3 Å². The van der Waals surface area contributed by atoms with Crippen LogP contribution in [-0.4, -0.2) is 26.5 Å². The van der Waals surface area contributed by atoms with Gasteiger partial charge >= 0.3 is 5.97 Å². The molecule has 0 amide bonds. The molecule has 1 aromatic heterocycles. The lowest BCUT2D eigenvalue weighted by molar-refractivity contribution is 0.0697. The minimum absolute atomic E-state index is 0.000777. The molecule has 0 saturated heterocycles. The number of carboxylic acid groups (broad SMARTS) is 1. The fourth-order valence-electron chi connectivity index (χ4n) is 2.04. The van der Waals surface area contributed by atoms with Gasteiger partial charge in [-0.05, 0) is 37.3 Å². The Bertz CT molecular complexity index is 877.